The molecule has 0 bridgehead atoms. The van der Waals surface area contributed by atoms with E-state index in [0.29, 0.717) is 25.1 Å². The molecule has 2 unspecified atom stereocenters. The maximum atomic E-state index is 12.2. The lowest BCUT2D eigenvalue weighted by molar-refractivity contribution is -0.148. The molecule has 0 saturated heterocycles. The van der Waals surface area contributed by atoms with E-state index in [1.807, 2.05) is 19.1 Å². The second-order valence-electron chi connectivity index (χ2n) is 5.99. The molecule has 21 heavy (non-hydrogen) atoms. The summed E-state index contributed by atoms with van der Waals surface area (Å²) in [6.07, 6.45) is 2.10. The molecule has 0 radical (unpaired) electrons. The Morgan fingerprint density at radius 2 is 2.24 bits per heavy atom. The lowest BCUT2D eigenvalue weighted by Crippen LogP contribution is -2.50. The number of rotatable bonds is 4. The third-order valence-corrected chi connectivity index (χ3v) is 4.28. The highest BCUT2D eigenvalue weighted by Gasteiger charge is 2.46. The highest BCUT2D eigenvalue weighted by molar-refractivity contribution is 5.79. The Hall–Kier alpha value is -1.98. The zero-order valence-electron chi connectivity index (χ0n) is 12.7. The zero-order valence-corrected chi connectivity index (χ0v) is 12.7. The van der Waals surface area contributed by atoms with E-state index in [4.69, 9.17) is 4.42 Å². The van der Waals surface area contributed by atoms with Crippen molar-refractivity contribution in [3.05, 3.63) is 23.7 Å². The van der Waals surface area contributed by atoms with Gasteiger partial charge in [0.2, 0.25) is 0 Å². The van der Waals surface area contributed by atoms with E-state index in [-0.39, 0.29) is 12.1 Å². The van der Waals surface area contributed by atoms with E-state index < -0.39 is 11.4 Å². The van der Waals surface area contributed by atoms with Gasteiger partial charge in [-0.05, 0) is 38.8 Å². The van der Waals surface area contributed by atoms with Crippen molar-refractivity contribution < 1.29 is 19.1 Å². The largest absolute Gasteiger partial charge is 0.481 e. The first-order valence-corrected chi connectivity index (χ1v) is 7.13. The van der Waals surface area contributed by atoms with Gasteiger partial charge in [-0.3, -0.25) is 4.79 Å². The van der Waals surface area contributed by atoms with E-state index in [1.54, 1.807) is 14.0 Å². The molecule has 0 spiro atoms. The summed E-state index contributed by atoms with van der Waals surface area (Å²) in [5, 5.41) is 12.2. The lowest BCUT2D eigenvalue weighted by atomic mass is 9.85. The summed E-state index contributed by atoms with van der Waals surface area (Å²) < 4.78 is 5.44. The van der Waals surface area contributed by atoms with E-state index in [2.05, 4.69) is 5.32 Å². The number of urea groups is 1. The molecule has 1 heterocycles. The van der Waals surface area contributed by atoms with Crippen LogP contribution in [0, 0.1) is 12.3 Å². The van der Waals surface area contributed by atoms with Crippen LogP contribution in [0.1, 0.15) is 37.7 Å². The first kappa shape index (κ1) is 15.4. The Labute approximate surface area is 124 Å². The van der Waals surface area contributed by atoms with Gasteiger partial charge in [0.05, 0.1) is 12.0 Å². The van der Waals surface area contributed by atoms with Gasteiger partial charge >= 0.3 is 12.0 Å². The first-order chi connectivity index (χ1) is 9.83. The van der Waals surface area contributed by atoms with Crippen LogP contribution >= 0.6 is 0 Å². The van der Waals surface area contributed by atoms with Gasteiger partial charge in [-0.1, -0.05) is 6.42 Å². The van der Waals surface area contributed by atoms with Crippen LogP contribution in [0.15, 0.2) is 16.5 Å². The van der Waals surface area contributed by atoms with Crippen LogP contribution < -0.4 is 5.32 Å². The summed E-state index contributed by atoms with van der Waals surface area (Å²) in [5.74, 6) is 0.653. The Bertz CT molecular complexity index is 540. The van der Waals surface area contributed by atoms with Crippen LogP contribution in [0.4, 0.5) is 4.79 Å². The fourth-order valence-electron chi connectivity index (χ4n) is 2.79. The average Bonchev–Trinajstić information content (AvgIpc) is 2.97. The minimum atomic E-state index is -0.877. The summed E-state index contributed by atoms with van der Waals surface area (Å²) in [4.78, 5) is 25.1. The molecular formula is C15H22N2O4. The molecule has 0 aliphatic heterocycles. The number of furan rings is 1. The van der Waals surface area contributed by atoms with Gasteiger partial charge in [0, 0.05) is 13.1 Å². The van der Waals surface area contributed by atoms with Crippen molar-refractivity contribution in [2.45, 2.75) is 45.7 Å². The Morgan fingerprint density at radius 1 is 1.52 bits per heavy atom. The highest BCUT2D eigenvalue weighted by atomic mass is 16.4. The number of hydrogen-bond donors (Lipinski definition) is 2. The quantitative estimate of drug-likeness (QED) is 0.893. The van der Waals surface area contributed by atoms with Gasteiger partial charge < -0.3 is 19.7 Å². The Kier molecular flexibility index (Phi) is 4.25. The molecule has 116 valence electrons. The summed E-state index contributed by atoms with van der Waals surface area (Å²) in [7, 11) is 1.67. The van der Waals surface area contributed by atoms with Gasteiger partial charge in [0.15, 0.2) is 0 Å². The molecule has 1 aliphatic carbocycles. The van der Waals surface area contributed by atoms with Gasteiger partial charge in [0.1, 0.15) is 11.5 Å². The Morgan fingerprint density at radius 3 is 2.81 bits per heavy atom. The summed E-state index contributed by atoms with van der Waals surface area (Å²) in [6, 6.07) is 3.07. The fourth-order valence-corrected chi connectivity index (χ4v) is 2.79. The number of carbonyl (C=O) groups is 2. The smallest absolute Gasteiger partial charge is 0.317 e. The number of carbonyl (C=O) groups excluding carboxylic acids is 1. The molecule has 6 heteroatoms. The maximum absolute atomic E-state index is 12.2. The van der Waals surface area contributed by atoms with Crippen molar-refractivity contribution in [1.82, 2.24) is 10.2 Å². The molecule has 1 aromatic heterocycles. The Balaban J connectivity index is 1.96. The van der Waals surface area contributed by atoms with E-state index in [1.165, 1.54) is 4.90 Å². The van der Waals surface area contributed by atoms with Gasteiger partial charge in [-0.15, -0.1) is 0 Å². The molecule has 6 nitrogen and oxygen atoms in total. The van der Waals surface area contributed by atoms with Crippen LogP contribution in [0.25, 0.3) is 0 Å². The van der Waals surface area contributed by atoms with Crippen LogP contribution in [-0.2, 0) is 11.3 Å². The minimum absolute atomic E-state index is 0.275. The van der Waals surface area contributed by atoms with E-state index >= 15 is 0 Å². The summed E-state index contributed by atoms with van der Waals surface area (Å²) >= 11 is 0. The SMILES string of the molecule is Cc1ccc(CN(C)C(=O)NC2CCCC2(C)C(=O)O)o1. The number of carboxylic acids is 1. The van der Waals surface area contributed by atoms with Crippen molar-refractivity contribution in [3.8, 4) is 0 Å². The van der Waals surface area contributed by atoms with E-state index in [0.717, 1.165) is 12.2 Å². The second kappa shape index (κ2) is 5.79. The monoisotopic (exact) mass is 294 g/mol. The topological polar surface area (TPSA) is 82.8 Å². The molecule has 0 aromatic carbocycles. The number of nitrogens with zero attached hydrogens (tertiary/aromatic N) is 1. The van der Waals surface area contributed by atoms with Crippen molar-refractivity contribution >= 4 is 12.0 Å². The maximum Gasteiger partial charge on any atom is 0.317 e. The number of aliphatic carboxylic acids is 1. The molecule has 1 aliphatic rings. The number of carboxylic acid groups (broad SMARTS) is 1. The van der Waals surface area contributed by atoms with Gasteiger partial charge in [-0.2, -0.15) is 0 Å². The molecule has 2 atom stereocenters. The van der Waals surface area contributed by atoms with E-state index in [9.17, 15) is 14.7 Å². The fraction of sp³-hybridized carbons (Fsp3) is 0.600. The van der Waals surface area contributed by atoms with Crippen LogP contribution in [0.3, 0.4) is 0 Å². The van der Waals surface area contributed by atoms with Crippen molar-refractivity contribution in [1.29, 1.82) is 0 Å². The number of amides is 2. The third kappa shape index (κ3) is 3.20. The standard InChI is InChI=1S/C15H22N2O4/c1-10-6-7-11(21-10)9-17(3)14(20)16-12-5-4-8-15(12,2)13(18)19/h6-7,12H,4-5,8-9H2,1-3H3,(H,16,20)(H,18,19). The predicted molar refractivity (Wildman–Crippen MR) is 76.8 cm³/mol. The zero-order chi connectivity index (χ0) is 15.6. The molecule has 2 N–H and O–H groups in total. The molecule has 1 fully saturated rings. The lowest BCUT2D eigenvalue weighted by Gasteiger charge is -2.29. The molecule has 1 saturated carbocycles. The molecule has 2 amide bonds. The number of aryl methyl sites for hydroxylation is 1. The van der Waals surface area contributed by atoms with Crippen molar-refractivity contribution in [3.63, 3.8) is 0 Å². The van der Waals surface area contributed by atoms with Crippen LogP contribution in [-0.4, -0.2) is 35.1 Å². The minimum Gasteiger partial charge on any atom is -0.481 e. The second-order valence-corrected chi connectivity index (χ2v) is 5.99. The van der Waals surface area contributed by atoms with Crippen LogP contribution in [0.2, 0.25) is 0 Å². The van der Waals surface area contributed by atoms with Crippen molar-refractivity contribution in [2.24, 2.45) is 5.41 Å². The normalized spacial score (nSPS) is 24.8. The van der Waals surface area contributed by atoms with Gasteiger partial charge in [-0.25, -0.2) is 4.79 Å². The molecule has 2 rings (SSSR count). The first-order valence-electron chi connectivity index (χ1n) is 7.13. The predicted octanol–water partition coefficient (Wildman–Crippen LogP) is 2.37. The number of nitrogens with one attached hydrogen (secondary N) is 1. The van der Waals surface area contributed by atoms with Crippen molar-refractivity contribution in [2.75, 3.05) is 7.05 Å². The summed E-state index contributed by atoms with van der Waals surface area (Å²) in [6.45, 7) is 3.90. The van der Waals surface area contributed by atoms with Crippen LogP contribution in [0.5, 0.6) is 0 Å². The average molecular weight is 294 g/mol. The third-order valence-electron chi connectivity index (χ3n) is 4.28. The summed E-state index contributed by atoms with van der Waals surface area (Å²) in [5.41, 5.74) is -0.877. The molecular weight excluding hydrogens is 272 g/mol. The molecule has 1 aromatic rings. The number of hydrogen-bond acceptors (Lipinski definition) is 3. The van der Waals surface area contributed by atoms with Gasteiger partial charge in [0.25, 0.3) is 0 Å². The highest BCUT2D eigenvalue weighted by Crippen LogP contribution is 2.38.